The molecule has 6 heteroatoms. The maximum atomic E-state index is 12.5. The first-order chi connectivity index (χ1) is 13.2. The molecular weight excluding hydrogens is 344 g/mol. The molecule has 0 bridgehead atoms. The van der Waals surface area contributed by atoms with Gasteiger partial charge in [0.25, 0.3) is 5.91 Å². The van der Waals surface area contributed by atoms with Gasteiger partial charge in [0.1, 0.15) is 6.04 Å². The molecule has 1 amide bonds. The van der Waals surface area contributed by atoms with Gasteiger partial charge in [-0.3, -0.25) is 14.6 Å². The number of rotatable bonds is 7. The smallest absolute Gasteiger partial charge is 0.328 e. The van der Waals surface area contributed by atoms with E-state index in [0.717, 1.165) is 12.0 Å². The first-order valence-corrected chi connectivity index (χ1v) is 9.12. The summed E-state index contributed by atoms with van der Waals surface area (Å²) in [6.07, 6.45) is 6.15. The Bertz CT molecular complexity index is 792. The zero-order valence-corrected chi connectivity index (χ0v) is 15.0. The van der Waals surface area contributed by atoms with Gasteiger partial charge in [0.2, 0.25) is 5.78 Å². The number of hydrogen-bond acceptors (Lipinski definition) is 5. The second kappa shape index (κ2) is 9.07. The fraction of sp³-hybridized carbons (Fsp3) is 0.333. The Labute approximate surface area is 158 Å². The molecule has 0 saturated carbocycles. The van der Waals surface area contributed by atoms with Crippen LogP contribution in [0.1, 0.15) is 35.2 Å². The van der Waals surface area contributed by atoms with Gasteiger partial charge in [-0.2, -0.15) is 0 Å². The van der Waals surface area contributed by atoms with Crippen LogP contribution < -0.4 is 0 Å². The number of amides is 1. The maximum absolute atomic E-state index is 12.5. The minimum absolute atomic E-state index is 0.277. The van der Waals surface area contributed by atoms with E-state index < -0.39 is 23.7 Å². The van der Waals surface area contributed by atoms with Crippen LogP contribution in [0.2, 0.25) is 0 Å². The number of Topliss-reactive ketones (excluding diaryl/α,β-unsaturated/α-hetero) is 1. The van der Waals surface area contributed by atoms with Crippen molar-refractivity contribution in [3.8, 4) is 0 Å². The van der Waals surface area contributed by atoms with Crippen LogP contribution in [0.3, 0.4) is 0 Å². The number of aryl methyl sites for hydroxylation is 1. The molecule has 0 unspecified atom stereocenters. The summed E-state index contributed by atoms with van der Waals surface area (Å²) in [6.45, 7) is 0.672. The number of nitrogens with zero attached hydrogens (tertiary/aromatic N) is 2. The molecule has 1 atom stereocenters. The van der Waals surface area contributed by atoms with Crippen LogP contribution in [-0.2, 0) is 20.7 Å². The summed E-state index contributed by atoms with van der Waals surface area (Å²) in [6, 6.07) is 11.6. The van der Waals surface area contributed by atoms with Gasteiger partial charge in [-0.25, -0.2) is 4.79 Å². The van der Waals surface area contributed by atoms with Gasteiger partial charge in [-0.1, -0.05) is 36.4 Å². The lowest BCUT2D eigenvalue weighted by atomic mass is 10.1. The number of ether oxygens (including phenoxy) is 1. The van der Waals surface area contributed by atoms with E-state index in [9.17, 15) is 14.4 Å². The molecular formula is C21H22N2O4. The lowest BCUT2D eigenvalue weighted by molar-refractivity contribution is -0.152. The SMILES string of the molecule is O=C(C(=O)N1CCC[C@H]1C(=O)OCCCc1cccnc1)c1ccccc1. The van der Waals surface area contributed by atoms with Crippen molar-refractivity contribution >= 4 is 17.7 Å². The van der Waals surface area contributed by atoms with Gasteiger partial charge in [-0.05, 0) is 37.3 Å². The molecule has 1 aromatic heterocycles. The highest BCUT2D eigenvalue weighted by atomic mass is 16.5. The van der Waals surface area contributed by atoms with Gasteiger partial charge in [0.05, 0.1) is 6.61 Å². The minimum Gasteiger partial charge on any atom is -0.464 e. The van der Waals surface area contributed by atoms with E-state index in [-0.39, 0.29) is 6.61 Å². The molecule has 1 fully saturated rings. The highest BCUT2D eigenvalue weighted by molar-refractivity contribution is 6.43. The van der Waals surface area contributed by atoms with Gasteiger partial charge in [0.15, 0.2) is 0 Å². The Hall–Kier alpha value is -3.02. The number of carbonyl (C=O) groups is 3. The normalized spacial score (nSPS) is 16.1. The van der Waals surface area contributed by atoms with E-state index in [2.05, 4.69) is 4.98 Å². The Kier molecular flexibility index (Phi) is 6.30. The van der Waals surface area contributed by atoms with Crippen LogP contribution >= 0.6 is 0 Å². The molecule has 0 radical (unpaired) electrons. The zero-order valence-electron chi connectivity index (χ0n) is 15.0. The quantitative estimate of drug-likeness (QED) is 0.326. The summed E-state index contributed by atoms with van der Waals surface area (Å²) < 4.78 is 5.35. The van der Waals surface area contributed by atoms with E-state index in [1.807, 2.05) is 12.1 Å². The summed E-state index contributed by atoms with van der Waals surface area (Å²) in [5, 5.41) is 0. The monoisotopic (exact) mass is 366 g/mol. The summed E-state index contributed by atoms with van der Waals surface area (Å²) in [7, 11) is 0. The molecule has 1 saturated heterocycles. The molecule has 1 aliphatic heterocycles. The Balaban J connectivity index is 1.51. The van der Waals surface area contributed by atoms with Crippen molar-refractivity contribution in [3.05, 3.63) is 66.0 Å². The van der Waals surface area contributed by atoms with Crippen molar-refractivity contribution in [1.29, 1.82) is 0 Å². The number of ketones is 1. The molecule has 2 aromatic rings. The summed E-state index contributed by atoms with van der Waals surface area (Å²) in [5.41, 5.74) is 1.41. The molecule has 0 aliphatic carbocycles. The third-order valence-corrected chi connectivity index (χ3v) is 4.59. The molecule has 0 spiro atoms. The minimum atomic E-state index is -0.677. The number of benzene rings is 1. The van der Waals surface area contributed by atoms with Crippen molar-refractivity contribution < 1.29 is 19.1 Å². The molecule has 27 heavy (non-hydrogen) atoms. The fourth-order valence-corrected chi connectivity index (χ4v) is 3.19. The fourth-order valence-electron chi connectivity index (χ4n) is 3.19. The number of hydrogen-bond donors (Lipinski definition) is 0. The van der Waals surface area contributed by atoms with Gasteiger partial charge < -0.3 is 9.64 Å². The molecule has 6 nitrogen and oxygen atoms in total. The maximum Gasteiger partial charge on any atom is 0.328 e. The van der Waals surface area contributed by atoms with E-state index in [0.29, 0.717) is 31.4 Å². The number of aromatic nitrogens is 1. The van der Waals surface area contributed by atoms with Gasteiger partial charge in [0, 0.05) is 24.5 Å². The molecule has 3 rings (SSSR count). The van der Waals surface area contributed by atoms with E-state index in [4.69, 9.17) is 4.74 Å². The molecule has 1 aromatic carbocycles. The molecule has 140 valence electrons. The highest BCUT2D eigenvalue weighted by Crippen LogP contribution is 2.20. The Morgan fingerprint density at radius 1 is 1.11 bits per heavy atom. The van der Waals surface area contributed by atoms with Crippen LogP contribution in [-0.4, -0.2) is 46.7 Å². The van der Waals surface area contributed by atoms with E-state index in [1.54, 1.807) is 42.7 Å². The predicted molar refractivity (Wildman–Crippen MR) is 99.0 cm³/mol. The van der Waals surface area contributed by atoms with Crippen molar-refractivity contribution in [1.82, 2.24) is 9.88 Å². The number of esters is 1. The Morgan fingerprint density at radius 3 is 2.67 bits per heavy atom. The number of likely N-dealkylation sites (tertiary alicyclic amines) is 1. The van der Waals surface area contributed by atoms with E-state index >= 15 is 0 Å². The lowest BCUT2D eigenvalue weighted by Crippen LogP contribution is -2.44. The van der Waals surface area contributed by atoms with Crippen LogP contribution in [0.25, 0.3) is 0 Å². The zero-order chi connectivity index (χ0) is 19.1. The van der Waals surface area contributed by atoms with Crippen molar-refractivity contribution in [2.45, 2.75) is 31.7 Å². The van der Waals surface area contributed by atoms with Gasteiger partial charge in [-0.15, -0.1) is 0 Å². The number of pyridine rings is 1. The first-order valence-electron chi connectivity index (χ1n) is 9.12. The van der Waals surface area contributed by atoms with Crippen molar-refractivity contribution in [3.63, 3.8) is 0 Å². The average Bonchev–Trinajstić information content (AvgIpc) is 3.21. The highest BCUT2D eigenvalue weighted by Gasteiger charge is 2.37. The average molecular weight is 366 g/mol. The summed E-state index contributed by atoms with van der Waals surface area (Å²) in [4.78, 5) is 42.7. The topological polar surface area (TPSA) is 76.6 Å². The van der Waals surface area contributed by atoms with E-state index in [1.165, 1.54) is 4.90 Å². The van der Waals surface area contributed by atoms with Crippen molar-refractivity contribution in [2.75, 3.05) is 13.2 Å². The standard InChI is InChI=1S/C21H22N2O4/c24-19(17-9-2-1-3-10-17)20(25)23-13-5-11-18(23)21(26)27-14-6-8-16-7-4-12-22-15-16/h1-4,7,9-10,12,15,18H,5-6,8,11,13-14H2/t18-/m0/s1. The molecule has 0 N–H and O–H groups in total. The number of carbonyl (C=O) groups excluding carboxylic acids is 3. The van der Waals surface area contributed by atoms with Crippen molar-refractivity contribution in [2.24, 2.45) is 0 Å². The Morgan fingerprint density at radius 2 is 1.93 bits per heavy atom. The third kappa shape index (κ3) is 4.78. The van der Waals surface area contributed by atoms with Crippen LogP contribution in [0, 0.1) is 0 Å². The van der Waals surface area contributed by atoms with Crippen LogP contribution in [0.15, 0.2) is 54.9 Å². The molecule has 2 heterocycles. The summed E-state index contributed by atoms with van der Waals surface area (Å²) >= 11 is 0. The third-order valence-electron chi connectivity index (χ3n) is 4.59. The van der Waals surface area contributed by atoms with Crippen LogP contribution in [0.5, 0.6) is 0 Å². The lowest BCUT2D eigenvalue weighted by Gasteiger charge is -2.22. The second-order valence-electron chi connectivity index (χ2n) is 6.48. The van der Waals surface area contributed by atoms with Gasteiger partial charge >= 0.3 is 5.97 Å². The first kappa shape index (κ1) is 18.8. The van der Waals surface area contributed by atoms with Crippen LogP contribution in [0.4, 0.5) is 0 Å². The summed E-state index contributed by atoms with van der Waals surface area (Å²) in [5.74, 6) is -1.67. The predicted octanol–water partition coefficient (Wildman–Crippen LogP) is 2.43. The largest absolute Gasteiger partial charge is 0.464 e. The second-order valence-corrected chi connectivity index (χ2v) is 6.48. The molecule has 1 aliphatic rings.